The van der Waals surface area contributed by atoms with Gasteiger partial charge in [0.25, 0.3) is 0 Å². The summed E-state index contributed by atoms with van der Waals surface area (Å²) in [5.74, 6) is 2.08. The van der Waals surface area contributed by atoms with Crippen LogP contribution in [-0.4, -0.2) is 15.6 Å². The van der Waals surface area contributed by atoms with Gasteiger partial charge in [-0.25, -0.2) is 4.39 Å². The van der Waals surface area contributed by atoms with E-state index in [1.165, 1.54) is 23.5 Å². The Balaban J connectivity index is 1.75. The van der Waals surface area contributed by atoms with E-state index in [1.54, 1.807) is 16.7 Å². The second kappa shape index (κ2) is 7.02. The van der Waals surface area contributed by atoms with Crippen LogP contribution in [0, 0.1) is 18.2 Å². The van der Waals surface area contributed by atoms with Crippen LogP contribution in [0.15, 0.2) is 64.1 Å². The molecular formula is C20H12FN3O2S. The second-order valence-electron chi connectivity index (χ2n) is 5.65. The van der Waals surface area contributed by atoms with Crippen molar-refractivity contribution in [1.82, 2.24) is 9.72 Å². The summed E-state index contributed by atoms with van der Waals surface area (Å²) < 4.78 is 21.1. The van der Waals surface area contributed by atoms with Crippen LogP contribution in [0.2, 0.25) is 0 Å². The first-order valence-corrected chi connectivity index (χ1v) is 8.81. The minimum Gasteiger partial charge on any atom is -0.355 e. The van der Waals surface area contributed by atoms with E-state index in [4.69, 9.17) is 10.9 Å². The van der Waals surface area contributed by atoms with E-state index >= 15 is 0 Å². The van der Waals surface area contributed by atoms with E-state index in [2.05, 4.69) is 16.1 Å². The number of hydrogen-bond acceptors (Lipinski definition) is 4. The fraction of sp³-hybridized carbons (Fsp3) is 0.0500. The number of fused-ring (bicyclic) bond motifs is 1. The number of carbonyl (C=O) groups is 1. The highest BCUT2D eigenvalue weighted by molar-refractivity contribution is 7.16. The molecule has 0 aliphatic rings. The molecule has 0 fully saturated rings. The van der Waals surface area contributed by atoms with E-state index in [0.29, 0.717) is 15.3 Å². The van der Waals surface area contributed by atoms with E-state index in [9.17, 15) is 9.18 Å². The van der Waals surface area contributed by atoms with Crippen molar-refractivity contribution in [2.45, 2.75) is 6.54 Å². The summed E-state index contributed by atoms with van der Waals surface area (Å²) in [5, 5.41) is 3.81. The van der Waals surface area contributed by atoms with Gasteiger partial charge < -0.3 is 9.09 Å². The van der Waals surface area contributed by atoms with Gasteiger partial charge in [0.1, 0.15) is 5.82 Å². The highest BCUT2D eigenvalue weighted by Crippen LogP contribution is 2.21. The van der Waals surface area contributed by atoms with Crippen LogP contribution in [0.3, 0.4) is 0 Å². The lowest BCUT2D eigenvalue weighted by molar-refractivity contribution is 0.0989. The Labute approximate surface area is 157 Å². The van der Waals surface area contributed by atoms with Gasteiger partial charge in [-0.1, -0.05) is 52.7 Å². The van der Waals surface area contributed by atoms with Crippen LogP contribution in [0.5, 0.6) is 0 Å². The highest BCUT2D eigenvalue weighted by atomic mass is 32.1. The van der Waals surface area contributed by atoms with Crippen molar-refractivity contribution in [3.63, 3.8) is 0 Å². The van der Waals surface area contributed by atoms with Crippen LogP contribution >= 0.6 is 11.3 Å². The summed E-state index contributed by atoms with van der Waals surface area (Å²) in [5.41, 5.74) is 1.62. The van der Waals surface area contributed by atoms with Crippen LogP contribution < -0.4 is 4.80 Å². The van der Waals surface area contributed by atoms with Gasteiger partial charge >= 0.3 is 5.91 Å². The summed E-state index contributed by atoms with van der Waals surface area (Å²) in [6.45, 7) is 0.214. The largest absolute Gasteiger partial charge is 0.355 e. The molecule has 5 nitrogen and oxygen atoms in total. The number of halogens is 1. The number of aromatic nitrogens is 2. The monoisotopic (exact) mass is 377 g/mol. The molecule has 0 bridgehead atoms. The van der Waals surface area contributed by atoms with Crippen molar-refractivity contribution in [2.24, 2.45) is 4.99 Å². The van der Waals surface area contributed by atoms with Crippen LogP contribution in [0.1, 0.15) is 10.5 Å². The first-order chi connectivity index (χ1) is 13.2. The van der Waals surface area contributed by atoms with E-state index in [1.807, 2.05) is 30.3 Å². The lowest BCUT2D eigenvalue weighted by atomic mass is 10.1. The minimum atomic E-state index is -0.557. The Kier molecular flexibility index (Phi) is 4.40. The average molecular weight is 377 g/mol. The second-order valence-corrected chi connectivity index (χ2v) is 6.66. The molecule has 0 unspecified atom stereocenters. The van der Waals surface area contributed by atoms with Crippen molar-refractivity contribution in [3.8, 4) is 23.7 Å². The van der Waals surface area contributed by atoms with Crippen LogP contribution in [-0.2, 0) is 6.54 Å². The third kappa shape index (κ3) is 3.30. The van der Waals surface area contributed by atoms with Crippen molar-refractivity contribution >= 4 is 27.5 Å². The van der Waals surface area contributed by atoms with E-state index in [-0.39, 0.29) is 18.1 Å². The molecule has 0 spiro atoms. The molecule has 0 N–H and O–H groups in total. The average Bonchev–Trinajstić information content (AvgIpc) is 3.28. The number of rotatable bonds is 3. The molecule has 0 aliphatic carbocycles. The zero-order valence-corrected chi connectivity index (χ0v) is 14.7. The number of benzene rings is 2. The summed E-state index contributed by atoms with van der Waals surface area (Å²) in [4.78, 5) is 17.0. The predicted octanol–water partition coefficient (Wildman–Crippen LogP) is 3.87. The number of thiazole rings is 1. The van der Waals surface area contributed by atoms with Gasteiger partial charge in [-0.3, -0.25) is 4.79 Å². The highest BCUT2D eigenvalue weighted by Gasteiger charge is 2.14. The first kappa shape index (κ1) is 16.9. The van der Waals surface area contributed by atoms with Crippen LogP contribution in [0.4, 0.5) is 4.39 Å². The summed E-state index contributed by atoms with van der Waals surface area (Å²) in [6, 6.07) is 15.2. The van der Waals surface area contributed by atoms with Crippen molar-refractivity contribution < 1.29 is 13.7 Å². The number of hydrogen-bond donors (Lipinski definition) is 0. The number of terminal acetylenes is 1. The maximum Gasteiger partial charge on any atom is 0.301 e. The SMILES string of the molecule is C#CCn1c(=NC(=O)c2cc(-c3ccccc3)on2)sc2cc(F)ccc21. The number of nitrogens with zero attached hydrogens (tertiary/aromatic N) is 3. The Hall–Kier alpha value is -3.50. The van der Waals surface area contributed by atoms with Gasteiger partial charge in [0.2, 0.25) is 0 Å². The first-order valence-electron chi connectivity index (χ1n) is 7.99. The van der Waals surface area contributed by atoms with E-state index in [0.717, 1.165) is 11.1 Å². The normalized spacial score (nSPS) is 11.6. The molecule has 0 saturated heterocycles. The minimum absolute atomic E-state index is 0.0877. The van der Waals surface area contributed by atoms with Gasteiger partial charge in [-0.2, -0.15) is 4.99 Å². The van der Waals surface area contributed by atoms with Crippen molar-refractivity contribution in [1.29, 1.82) is 0 Å². The summed E-state index contributed by atoms with van der Waals surface area (Å²) >= 11 is 1.19. The fourth-order valence-electron chi connectivity index (χ4n) is 2.64. The maximum absolute atomic E-state index is 13.5. The zero-order chi connectivity index (χ0) is 18.8. The zero-order valence-electron chi connectivity index (χ0n) is 13.9. The molecule has 132 valence electrons. The molecular weight excluding hydrogens is 365 g/mol. The molecule has 1 amide bonds. The summed E-state index contributed by atoms with van der Waals surface area (Å²) in [6.07, 6.45) is 5.42. The predicted molar refractivity (Wildman–Crippen MR) is 100 cm³/mol. The molecule has 7 heteroatoms. The maximum atomic E-state index is 13.5. The Morgan fingerprint density at radius 2 is 2.07 bits per heavy atom. The third-order valence-corrected chi connectivity index (χ3v) is 4.92. The van der Waals surface area contributed by atoms with Gasteiger partial charge in [0, 0.05) is 11.6 Å². The lowest BCUT2D eigenvalue weighted by Gasteiger charge is -1.98. The molecule has 0 atom stereocenters. The number of amides is 1. The molecule has 0 radical (unpaired) electrons. The molecule has 4 aromatic rings. The van der Waals surface area contributed by atoms with Gasteiger partial charge in [0.05, 0.1) is 16.8 Å². The van der Waals surface area contributed by atoms with Crippen molar-refractivity contribution in [2.75, 3.05) is 0 Å². The molecule has 0 saturated carbocycles. The standard InChI is InChI=1S/C20H12FN3O2S/c1-2-10-24-16-9-8-14(21)11-18(16)27-20(24)22-19(25)15-12-17(26-23-15)13-6-4-3-5-7-13/h1,3-9,11-12H,10H2. The quantitative estimate of drug-likeness (QED) is 0.509. The Bertz CT molecular complexity index is 1250. The molecule has 0 aliphatic heterocycles. The van der Waals surface area contributed by atoms with Gasteiger partial charge in [0.15, 0.2) is 16.3 Å². The Morgan fingerprint density at radius 1 is 1.26 bits per heavy atom. The van der Waals surface area contributed by atoms with Gasteiger partial charge in [-0.15, -0.1) is 6.42 Å². The third-order valence-electron chi connectivity index (χ3n) is 3.88. The lowest BCUT2D eigenvalue weighted by Crippen LogP contribution is -2.16. The topological polar surface area (TPSA) is 60.4 Å². The molecule has 27 heavy (non-hydrogen) atoms. The smallest absolute Gasteiger partial charge is 0.301 e. The van der Waals surface area contributed by atoms with Crippen LogP contribution in [0.25, 0.3) is 21.5 Å². The molecule has 4 rings (SSSR count). The van der Waals surface area contributed by atoms with Crippen molar-refractivity contribution in [3.05, 3.63) is 70.9 Å². The number of carbonyl (C=O) groups excluding carboxylic acids is 1. The fourth-order valence-corrected chi connectivity index (χ4v) is 3.69. The van der Waals surface area contributed by atoms with E-state index < -0.39 is 5.91 Å². The molecule has 2 aromatic heterocycles. The Morgan fingerprint density at radius 3 is 2.85 bits per heavy atom. The molecule has 2 heterocycles. The van der Waals surface area contributed by atoms with Gasteiger partial charge in [-0.05, 0) is 18.2 Å². The molecule has 2 aromatic carbocycles. The summed E-state index contributed by atoms with van der Waals surface area (Å²) in [7, 11) is 0.